The summed E-state index contributed by atoms with van der Waals surface area (Å²) in [7, 11) is 0. The van der Waals surface area contributed by atoms with E-state index < -0.39 is 0 Å². The van der Waals surface area contributed by atoms with Crippen molar-refractivity contribution in [1.29, 1.82) is 0 Å². The normalized spacial score (nSPS) is 19.4. The molecule has 1 aliphatic heterocycles. The number of para-hydroxylation sites is 1. The molecule has 0 spiro atoms. The molecule has 0 aromatic heterocycles. The van der Waals surface area contributed by atoms with Crippen molar-refractivity contribution in [2.45, 2.75) is 32.4 Å². The molecule has 1 amide bonds. The number of piperidine rings is 1. The SMILES string of the molecule is CCOc1ccccc1CN[C@@H]1CCC(=O)NC1. The zero-order valence-electron chi connectivity index (χ0n) is 10.7. The molecule has 0 unspecified atom stereocenters. The Bertz CT molecular complexity index is 397. The molecule has 1 aliphatic rings. The van der Waals surface area contributed by atoms with Crippen molar-refractivity contribution in [3.05, 3.63) is 29.8 Å². The summed E-state index contributed by atoms with van der Waals surface area (Å²) in [4.78, 5) is 11.1. The molecule has 0 bridgehead atoms. The highest BCUT2D eigenvalue weighted by Crippen LogP contribution is 2.18. The Morgan fingerprint density at radius 3 is 3.00 bits per heavy atom. The molecule has 1 heterocycles. The van der Waals surface area contributed by atoms with Gasteiger partial charge in [-0.05, 0) is 19.4 Å². The first-order valence-electron chi connectivity index (χ1n) is 6.50. The van der Waals surface area contributed by atoms with Crippen LogP contribution in [0.25, 0.3) is 0 Å². The molecule has 18 heavy (non-hydrogen) atoms. The Morgan fingerprint density at radius 2 is 2.28 bits per heavy atom. The van der Waals surface area contributed by atoms with E-state index in [-0.39, 0.29) is 5.91 Å². The predicted molar refractivity (Wildman–Crippen MR) is 70.5 cm³/mol. The zero-order valence-corrected chi connectivity index (χ0v) is 10.7. The van der Waals surface area contributed by atoms with Crippen LogP contribution in [0.4, 0.5) is 0 Å². The number of carbonyl (C=O) groups excluding carboxylic acids is 1. The third-order valence-corrected chi connectivity index (χ3v) is 3.12. The number of hydrogen-bond acceptors (Lipinski definition) is 3. The van der Waals surface area contributed by atoms with E-state index in [9.17, 15) is 4.79 Å². The van der Waals surface area contributed by atoms with Crippen LogP contribution in [-0.4, -0.2) is 25.1 Å². The lowest BCUT2D eigenvalue weighted by Crippen LogP contribution is -2.45. The largest absolute Gasteiger partial charge is 0.494 e. The number of ether oxygens (including phenoxy) is 1. The summed E-state index contributed by atoms with van der Waals surface area (Å²) in [6.45, 7) is 4.16. The van der Waals surface area contributed by atoms with Crippen LogP contribution in [0.15, 0.2) is 24.3 Å². The third kappa shape index (κ3) is 3.47. The summed E-state index contributed by atoms with van der Waals surface area (Å²) >= 11 is 0. The summed E-state index contributed by atoms with van der Waals surface area (Å²) in [5, 5.41) is 6.34. The van der Waals surface area contributed by atoms with E-state index in [2.05, 4.69) is 16.7 Å². The van der Waals surface area contributed by atoms with E-state index in [1.807, 2.05) is 25.1 Å². The number of amides is 1. The Kier molecular flexibility index (Phi) is 4.59. The van der Waals surface area contributed by atoms with Gasteiger partial charge in [-0.1, -0.05) is 18.2 Å². The molecule has 4 nitrogen and oxygen atoms in total. The van der Waals surface area contributed by atoms with Crippen molar-refractivity contribution in [2.75, 3.05) is 13.2 Å². The Morgan fingerprint density at radius 1 is 1.44 bits per heavy atom. The predicted octanol–water partition coefficient (Wildman–Crippen LogP) is 1.45. The van der Waals surface area contributed by atoms with Gasteiger partial charge < -0.3 is 15.4 Å². The first kappa shape index (κ1) is 12.9. The van der Waals surface area contributed by atoms with Crippen LogP contribution < -0.4 is 15.4 Å². The lowest BCUT2D eigenvalue weighted by atomic mass is 10.1. The molecule has 98 valence electrons. The molecular weight excluding hydrogens is 228 g/mol. The molecule has 0 aliphatic carbocycles. The average Bonchev–Trinajstić information content (AvgIpc) is 2.40. The van der Waals surface area contributed by atoms with Crippen LogP contribution in [0, 0.1) is 0 Å². The van der Waals surface area contributed by atoms with Crippen LogP contribution >= 0.6 is 0 Å². The van der Waals surface area contributed by atoms with Gasteiger partial charge in [0.25, 0.3) is 0 Å². The maximum atomic E-state index is 11.1. The molecule has 4 heteroatoms. The molecule has 1 saturated heterocycles. The van der Waals surface area contributed by atoms with Gasteiger partial charge in [-0.25, -0.2) is 0 Å². The van der Waals surface area contributed by atoms with E-state index in [0.29, 0.717) is 19.1 Å². The Balaban J connectivity index is 1.87. The van der Waals surface area contributed by atoms with Gasteiger partial charge in [-0.3, -0.25) is 4.79 Å². The molecular formula is C14H20N2O2. The fraction of sp³-hybridized carbons (Fsp3) is 0.500. The van der Waals surface area contributed by atoms with Gasteiger partial charge in [0.1, 0.15) is 5.75 Å². The van der Waals surface area contributed by atoms with Crippen LogP contribution in [0.1, 0.15) is 25.3 Å². The van der Waals surface area contributed by atoms with E-state index in [0.717, 1.165) is 30.8 Å². The first-order chi connectivity index (χ1) is 8.79. The van der Waals surface area contributed by atoms with Gasteiger partial charge in [-0.15, -0.1) is 0 Å². The maximum Gasteiger partial charge on any atom is 0.220 e. The molecule has 1 aromatic rings. The second-order valence-corrected chi connectivity index (χ2v) is 4.46. The Labute approximate surface area is 108 Å². The van der Waals surface area contributed by atoms with Crippen molar-refractivity contribution in [2.24, 2.45) is 0 Å². The minimum Gasteiger partial charge on any atom is -0.494 e. The van der Waals surface area contributed by atoms with Gasteiger partial charge in [0, 0.05) is 31.1 Å². The summed E-state index contributed by atoms with van der Waals surface area (Å²) < 4.78 is 5.58. The summed E-state index contributed by atoms with van der Waals surface area (Å²) in [5.41, 5.74) is 1.16. The highest BCUT2D eigenvalue weighted by atomic mass is 16.5. The second-order valence-electron chi connectivity index (χ2n) is 4.46. The molecule has 1 fully saturated rings. The lowest BCUT2D eigenvalue weighted by molar-refractivity contribution is -0.122. The minimum atomic E-state index is 0.155. The average molecular weight is 248 g/mol. The second kappa shape index (κ2) is 6.40. The number of hydrogen-bond donors (Lipinski definition) is 2. The summed E-state index contributed by atoms with van der Waals surface area (Å²) in [6.07, 6.45) is 1.52. The summed E-state index contributed by atoms with van der Waals surface area (Å²) in [5.74, 6) is 1.09. The molecule has 2 N–H and O–H groups in total. The van der Waals surface area contributed by atoms with Crippen LogP contribution in [0.2, 0.25) is 0 Å². The highest BCUT2D eigenvalue weighted by Gasteiger charge is 2.17. The molecule has 2 rings (SSSR count). The number of benzene rings is 1. The van der Waals surface area contributed by atoms with Crippen LogP contribution in [0.3, 0.4) is 0 Å². The van der Waals surface area contributed by atoms with E-state index in [4.69, 9.17) is 4.74 Å². The van der Waals surface area contributed by atoms with Crippen LogP contribution in [-0.2, 0) is 11.3 Å². The number of carbonyl (C=O) groups is 1. The van der Waals surface area contributed by atoms with Gasteiger partial charge in [0.15, 0.2) is 0 Å². The topological polar surface area (TPSA) is 50.4 Å². The fourth-order valence-corrected chi connectivity index (χ4v) is 2.11. The van der Waals surface area contributed by atoms with Crippen molar-refractivity contribution in [3.8, 4) is 5.75 Å². The van der Waals surface area contributed by atoms with Crippen molar-refractivity contribution < 1.29 is 9.53 Å². The molecule has 0 radical (unpaired) electrons. The van der Waals surface area contributed by atoms with Crippen LogP contribution in [0.5, 0.6) is 5.75 Å². The van der Waals surface area contributed by atoms with Gasteiger partial charge in [0.05, 0.1) is 6.61 Å². The number of nitrogens with one attached hydrogen (secondary N) is 2. The standard InChI is InChI=1S/C14H20N2O2/c1-2-18-13-6-4-3-5-11(13)9-15-12-7-8-14(17)16-10-12/h3-6,12,15H,2,7-10H2,1H3,(H,16,17)/t12-/m1/s1. The molecule has 0 saturated carbocycles. The monoisotopic (exact) mass is 248 g/mol. The van der Waals surface area contributed by atoms with E-state index in [1.165, 1.54) is 0 Å². The third-order valence-electron chi connectivity index (χ3n) is 3.12. The maximum absolute atomic E-state index is 11.1. The van der Waals surface area contributed by atoms with Gasteiger partial charge in [-0.2, -0.15) is 0 Å². The smallest absolute Gasteiger partial charge is 0.220 e. The summed E-state index contributed by atoms with van der Waals surface area (Å²) in [6, 6.07) is 8.41. The fourth-order valence-electron chi connectivity index (χ4n) is 2.11. The lowest BCUT2D eigenvalue weighted by Gasteiger charge is -2.24. The zero-order chi connectivity index (χ0) is 12.8. The minimum absolute atomic E-state index is 0.155. The Hall–Kier alpha value is -1.55. The quantitative estimate of drug-likeness (QED) is 0.829. The van der Waals surface area contributed by atoms with E-state index >= 15 is 0 Å². The van der Waals surface area contributed by atoms with Crippen molar-refractivity contribution in [3.63, 3.8) is 0 Å². The highest BCUT2D eigenvalue weighted by molar-refractivity contribution is 5.76. The van der Waals surface area contributed by atoms with Crippen molar-refractivity contribution >= 4 is 5.91 Å². The first-order valence-corrected chi connectivity index (χ1v) is 6.50. The van der Waals surface area contributed by atoms with E-state index in [1.54, 1.807) is 0 Å². The van der Waals surface area contributed by atoms with Gasteiger partial charge in [0.2, 0.25) is 5.91 Å². The number of rotatable bonds is 5. The molecule has 1 aromatic carbocycles. The van der Waals surface area contributed by atoms with Crippen molar-refractivity contribution in [1.82, 2.24) is 10.6 Å². The molecule has 1 atom stereocenters. The van der Waals surface area contributed by atoms with Gasteiger partial charge >= 0.3 is 0 Å².